The number of likely N-dealkylation sites (tertiary alicyclic amines) is 1. The Kier molecular flexibility index (Phi) is 5.97. The Bertz CT molecular complexity index is 1000. The van der Waals surface area contributed by atoms with Crippen LogP contribution < -0.4 is 0 Å². The fourth-order valence-corrected chi connectivity index (χ4v) is 3.95. The molecule has 2 aliphatic heterocycles. The molecule has 1 unspecified atom stereocenters. The number of carbonyl (C=O) groups is 2. The van der Waals surface area contributed by atoms with Crippen molar-refractivity contribution < 1.29 is 27.5 Å². The zero-order valence-electron chi connectivity index (χ0n) is 16.6. The summed E-state index contributed by atoms with van der Waals surface area (Å²) in [7, 11) is 0. The van der Waals surface area contributed by atoms with Gasteiger partial charge in [0, 0.05) is 30.8 Å². The van der Waals surface area contributed by atoms with Gasteiger partial charge in [0.05, 0.1) is 6.54 Å². The van der Waals surface area contributed by atoms with Gasteiger partial charge in [0.1, 0.15) is 6.10 Å². The zero-order valence-corrected chi connectivity index (χ0v) is 16.6. The number of nitrogens with zero attached hydrogens (tertiary/aromatic N) is 2. The normalized spacial score (nSPS) is 19.8. The number of halogens is 3. The Labute approximate surface area is 177 Å². The molecule has 2 fully saturated rings. The third-order valence-electron chi connectivity index (χ3n) is 5.70. The Morgan fingerprint density at radius 3 is 2.42 bits per heavy atom. The minimum atomic E-state index is -1.57. The van der Waals surface area contributed by atoms with E-state index in [9.17, 15) is 22.8 Å². The molecule has 0 aromatic heterocycles. The van der Waals surface area contributed by atoms with Crippen LogP contribution in [-0.2, 0) is 9.53 Å². The molecule has 0 aliphatic carbocycles. The molecular formula is C23H21F3N2O3. The maximum absolute atomic E-state index is 13.7. The first kappa shape index (κ1) is 21.0. The number of carbonyl (C=O) groups excluding carboxylic acids is 2. The number of cyclic esters (lactones) is 1. The van der Waals surface area contributed by atoms with Crippen molar-refractivity contribution in [3.63, 3.8) is 0 Å². The molecule has 0 spiro atoms. The monoisotopic (exact) mass is 430 g/mol. The number of piperidine rings is 1. The second-order valence-corrected chi connectivity index (χ2v) is 7.59. The van der Waals surface area contributed by atoms with E-state index in [0.29, 0.717) is 32.5 Å². The summed E-state index contributed by atoms with van der Waals surface area (Å²) in [6.07, 6.45) is 2.81. The van der Waals surface area contributed by atoms with E-state index in [-0.39, 0.29) is 29.7 Å². The molecule has 0 radical (unpaired) electrons. The second-order valence-electron chi connectivity index (χ2n) is 7.59. The Hall–Kier alpha value is -3.29. The molecule has 162 valence electrons. The summed E-state index contributed by atoms with van der Waals surface area (Å²) >= 11 is 0. The predicted molar refractivity (Wildman–Crippen MR) is 107 cm³/mol. The molecule has 1 atom stereocenters. The highest BCUT2D eigenvalue weighted by Crippen LogP contribution is 2.30. The van der Waals surface area contributed by atoms with Gasteiger partial charge in [-0.15, -0.1) is 0 Å². The Morgan fingerprint density at radius 2 is 1.71 bits per heavy atom. The molecule has 2 aromatic rings. The van der Waals surface area contributed by atoms with Crippen LogP contribution in [0.4, 0.5) is 18.0 Å². The summed E-state index contributed by atoms with van der Waals surface area (Å²) in [6.45, 7) is 1.32. The standard InChI is InChI=1S/C23H21F3N2O3/c24-18-8-6-16(21(25)22(18)26)7-9-20(29)27-12-10-17(11-13-27)28-14-19(31-23(28)30)15-4-2-1-3-5-15/h1-9,17,19H,10-14H2. The number of hydrogen-bond acceptors (Lipinski definition) is 3. The number of amides is 2. The molecule has 5 nitrogen and oxygen atoms in total. The third-order valence-corrected chi connectivity index (χ3v) is 5.70. The minimum Gasteiger partial charge on any atom is -0.439 e. The van der Waals surface area contributed by atoms with Gasteiger partial charge in [0.15, 0.2) is 17.5 Å². The lowest BCUT2D eigenvalue weighted by atomic mass is 10.0. The molecule has 8 heteroatoms. The molecule has 4 rings (SSSR count). The zero-order chi connectivity index (χ0) is 22.0. The Balaban J connectivity index is 1.33. The van der Waals surface area contributed by atoms with E-state index >= 15 is 0 Å². The fourth-order valence-electron chi connectivity index (χ4n) is 3.95. The molecule has 0 saturated carbocycles. The summed E-state index contributed by atoms with van der Waals surface area (Å²) in [5.41, 5.74) is 0.745. The molecule has 2 aliphatic rings. The summed E-state index contributed by atoms with van der Waals surface area (Å²) in [5.74, 6) is -4.53. The van der Waals surface area contributed by atoms with Crippen molar-refractivity contribution in [3.8, 4) is 0 Å². The van der Waals surface area contributed by atoms with Gasteiger partial charge in [-0.2, -0.15) is 0 Å². The maximum atomic E-state index is 13.7. The van der Waals surface area contributed by atoms with Crippen molar-refractivity contribution in [2.75, 3.05) is 19.6 Å². The van der Waals surface area contributed by atoms with Crippen molar-refractivity contribution >= 4 is 18.1 Å². The van der Waals surface area contributed by atoms with E-state index in [1.807, 2.05) is 30.3 Å². The average molecular weight is 430 g/mol. The molecule has 0 bridgehead atoms. The van der Waals surface area contributed by atoms with Crippen molar-refractivity contribution in [1.29, 1.82) is 0 Å². The molecule has 2 heterocycles. The maximum Gasteiger partial charge on any atom is 0.410 e. The van der Waals surface area contributed by atoms with E-state index in [1.165, 1.54) is 0 Å². The van der Waals surface area contributed by atoms with Crippen molar-refractivity contribution in [3.05, 3.63) is 77.1 Å². The third kappa shape index (κ3) is 4.42. The molecule has 2 aromatic carbocycles. The van der Waals surface area contributed by atoms with E-state index in [2.05, 4.69) is 0 Å². The van der Waals surface area contributed by atoms with Crippen LogP contribution in [0.5, 0.6) is 0 Å². The van der Waals surface area contributed by atoms with Crippen LogP contribution in [0, 0.1) is 17.5 Å². The van der Waals surface area contributed by atoms with Crippen LogP contribution >= 0.6 is 0 Å². The van der Waals surface area contributed by atoms with Gasteiger partial charge in [0.25, 0.3) is 0 Å². The van der Waals surface area contributed by atoms with E-state index in [1.54, 1.807) is 9.80 Å². The SMILES string of the molecule is O=C(C=Cc1ccc(F)c(F)c1F)N1CCC(N2CC(c3ccccc3)OC2=O)CC1. The summed E-state index contributed by atoms with van der Waals surface area (Å²) in [4.78, 5) is 28.0. The highest BCUT2D eigenvalue weighted by molar-refractivity contribution is 5.91. The van der Waals surface area contributed by atoms with Crippen LogP contribution in [0.1, 0.15) is 30.1 Å². The Morgan fingerprint density at radius 1 is 1.00 bits per heavy atom. The van der Waals surface area contributed by atoms with Gasteiger partial charge in [-0.3, -0.25) is 4.79 Å². The van der Waals surface area contributed by atoms with Gasteiger partial charge < -0.3 is 14.5 Å². The van der Waals surface area contributed by atoms with E-state index < -0.39 is 17.5 Å². The molecular weight excluding hydrogens is 409 g/mol. The highest BCUT2D eigenvalue weighted by atomic mass is 19.2. The van der Waals surface area contributed by atoms with Crippen LogP contribution in [0.15, 0.2) is 48.5 Å². The average Bonchev–Trinajstić information content (AvgIpc) is 3.19. The van der Waals surface area contributed by atoms with Crippen LogP contribution in [-0.4, -0.2) is 47.5 Å². The number of ether oxygens (including phenoxy) is 1. The lowest BCUT2D eigenvalue weighted by Crippen LogP contribution is -2.46. The van der Waals surface area contributed by atoms with Gasteiger partial charge in [-0.25, -0.2) is 18.0 Å². The quantitative estimate of drug-likeness (QED) is 0.537. The lowest BCUT2D eigenvalue weighted by Gasteiger charge is -2.35. The van der Waals surface area contributed by atoms with E-state index in [0.717, 1.165) is 29.8 Å². The summed E-state index contributed by atoms with van der Waals surface area (Å²) in [6, 6.07) is 11.4. The second kappa shape index (κ2) is 8.83. The summed E-state index contributed by atoms with van der Waals surface area (Å²) in [5, 5.41) is 0. The molecule has 2 amide bonds. The first-order chi connectivity index (χ1) is 14.9. The minimum absolute atomic E-state index is 0.0297. The largest absolute Gasteiger partial charge is 0.439 e. The summed E-state index contributed by atoms with van der Waals surface area (Å²) < 4.78 is 45.6. The van der Waals surface area contributed by atoms with E-state index in [4.69, 9.17) is 4.74 Å². The van der Waals surface area contributed by atoms with Crippen LogP contribution in [0.25, 0.3) is 6.08 Å². The topological polar surface area (TPSA) is 49.9 Å². The predicted octanol–water partition coefficient (Wildman–Crippen LogP) is 4.30. The fraction of sp³-hybridized carbons (Fsp3) is 0.304. The van der Waals surface area contributed by atoms with Crippen molar-refractivity contribution in [2.24, 2.45) is 0 Å². The molecule has 31 heavy (non-hydrogen) atoms. The van der Waals surface area contributed by atoms with Crippen LogP contribution in [0.3, 0.4) is 0 Å². The van der Waals surface area contributed by atoms with Gasteiger partial charge in [-0.1, -0.05) is 30.3 Å². The first-order valence-corrected chi connectivity index (χ1v) is 10.1. The van der Waals surface area contributed by atoms with Crippen LogP contribution in [0.2, 0.25) is 0 Å². The lowest BCUT2D eigenvalue weighted by molar-refractivity contribution is -0.127. The van der Waals surface area contributed by atoms with Crippen molar-refractivity contribution in [2.45, 2.75) is 25.0 Å². The van der Waals surface area contributed by atoms with Gasteiger partial charge in [0.2, 0.25) is 5.91 Å². The number of hydrogen-bond donors (Lipinski definition) is 0. The molecule has 2 saturated heterocycles. The first-order valence-electron chi connectivity index (χ1n) is 10.1. The van der Waals surface area contributed by atoms with Gasteiger partial charge >= 0.3 is 6.09 Å². The number of benzene rings is 2. The highest BCUT2D eigenvalue weighted by Gasteiger charge is 2.38. The van der Waals surface area contributed by atoms with Crippen molar-refractivity contribution in [1.82, 2.24) is 9.80 Å². The smallest absolute Gasteiger partial charge is 0.410 e. The van der Waals surface area contributed by atoms with Gasteiger partial charge in [-0.05, 0) is 36.6 Å². The molecule has 0 N–H and O–H groups in total. The number of rotatable bonds is 4.